The summed E-state index contributed by atoms with van der Waals surface area (Å²) in [5.74, 6) is 0. The van der Waals surface area contributed by atoms with E-state index in [0.29, 0.717) is 11.1 Å². The molecule has 190 valence electrons. The first-order valence-corrected chi connectivity index (χ1v) is 13.6. The molecule has 0 spiro atoms. The van der Waals surface area contributed by atoms with Gasteiger partial charge in [-0.25, -0.2) is 0 Å². The number of fused-ring (bicyclic) bond motifs is 3. The van der Waals surface area contributed by atoms with Crippen LogP contribution < -0.4 is 0 Å². The molecule has 5 rings (SSSR count). The molecule has 0 amide bonds. The summed E-state index contributed by atoms with van der Waals surface area (Å²) in [4.78, 5) is 0. The predicted octanol–water partition coefficient (Wildman–Crippen LogP) is 9.50. The van der Waals surface area contributed by atoms with E-state index in [9.17, 15) is 10.5 Å². The molecule has 5 aromatic rings. The average Bonchev–Trinajstić information content (AvgIpc) is 3.30. The maximum absolute atomic E-state index is 10.0. The Bertz CT molecular complexity index is 1620. The SMILES string of the molecule is CCCCCCn1c2ccc(C(C#N)=Cc3ccccc3)cc2c2cc(C(C#N)=Cc3ccccc3)ccc21. The van der Waals surface area contributed by atoms with Crippen molar-refractivity contribution in [2.24, 2.45) is 0 Å². The fraction of sp³-hybridized carbons (Fsp3) is 0.167. The maximum Gasteiger partial charge on any atom is 0.0998 e. The maximum atomic E-state index is 10.0. The fourth-order valence-electron chi connectivity index (χ4n) is 5.17. The number of allylic oxidation sites excluding steroid dienone is 2. The zero-order valence-corrected chi connectivity index (χ0v) is 22.3. The molecule has 0 aliphatic heterocycles. The van der Waals surface area contributed by atoms with Gasteiger partial charge in [0.2, 0.25) is 0 Å². The van der Waals surface area contributed by atoms with Gasteiger partial charge in [0.25, 0.3) is 0 Å². The highest BCUT2D eigenvalue weighted by Gasteiger charge is 2.14. The van der Waals surface area contributed by atoms with Crippen LogP contribution in [0.3, 0.4) is 0 Å². The van der Waals surface area contributed by atoms with Gasteiger partial charge in [-0.3, -0.25) is 0 Å². The third kappa shape index (κ3) is 5.69. The van der Waals surface area contributed by atoms with Gasteiger partial charge in [0.15, 0.2) is 0 Å². The van der Waals surface area contributed by atoms with Crippen LogP contribution in [0.15, 0.2) is 97.1 Å². The van der Waals surface area contributed by atoms with Crippen molar-refractivity contribution in [1.29, 1.82) is 10.5 Å². The van der Waals surface area contributed by atoms with Crippen molar-refractivity contribution >= 4 is 45.1 Å². The van der Waals surface area contributed by atoms with Crippen molar-refractivity contribution in [2.75, 3.05) is 0 Å². The van der Waals surface area contributed by atoms with Crippen LogP contribution in [0.5, 0.6) is 0 Å². The van der Waals surface area contributed by atoms with Crippen molar-refractivity contribution in [3.8, 4) is 12.1 Å². The van der Waals surface area contributed by atoms with E-state index < -0.39 is 0 Å². The minimum absolute atomic E-state index is 0.629. The molecule has 39 heavy (non-hydrogen) atoms. The van der Waals surface area contributed by atoms with Crippen molar-refractivity contribution < 1.29 is 0 Å². The number of hydrogen-bond donors (Lipinski definition) is 0. The molecule has 3 heteroatoms. The summed E-state index contributed by atoms with van der Waals surface area (Å²) in [6.45, 7) is 3.17. The van der Waals surface area contributed by atoms with Crippen molar-refractivity contribution in [3.05, 3.63) is 119 Å². The van der Waals surface area contributed by atoms with Crippen molar-refractivity contribution in [2.45, 2.75) is 39.2 Å². The highest BCUT2D eigenvalue weighted by Crippen LogP contribution is 2.34. The number of aromatic nitrogens is 1. The zero-order chi connectivity index (χ0) is 27.0. The van der Waals surface area contributed by atoms with E-state index in [2.05, 4.69) is 60.0 Å². The molecule has 0 saturated heterocycles. The highest BCUT2D eigenvalue weighted by atomic mass is 15.0. The lowest BCUT2D eigenvalue weighted by Crippen LogP contribution is -1.98. The Balaban J connectivity index is 1.66. The summed E-state index contributed by atoms with van der Waals surface area (Å²) >= 11 is 0. The molecule has 0 unspecified atom stereocenters. The Kier molecular flexibility index (Phi) is 8.01. The molecule has 0 saturated carbocycles. The molecule has 0 radical (unpaired) electrons. The molecule has 0 aliphatic rings. The lowest BCUT2D eigenvalue weighted by atomic mass is 9.99. The summed E-state index contributed by atoms with van der Waals surface area (Å²) in [6.07, 6.45) is 8.63. The fourth-order valence-corrected chi connectivity index (χ4v) is 5.17. The molecule has 1 aromatic heterocycles. The van der Waals surface area contributed by atoms with Crippen LogP contribution in [0.25, 0.3) is 45.1 Å². The minimum atomic E-state index is 0.629. The molecule has 0 fully saturated rings. The van der Waals surface area contributed by atoms with Crippen molar-refractivity contribution in [3.63, 3.8) is 0 Å². The van der Waals surface area contributed by atoms with Gasteiger partial charge in [-0.15, -0.1) is 0 Å². The first kappa shape index (κ1) is 25.8. The Hall–Kier alpha value is -4.86. The van der Waals surface area contributed by atoms with Crippen LogP contribution in [0.1, 0.15) is 54.9 Å². The standard InChI is InChI=1S/C36H31N3/c1-2-3-4-11-20-39-35-18-16-29(31(25-37)21-27-12-7-5-8-13-27)23-33(35)34-24-30(17-19-36(34)39)32(26-38)22-28-14-9-6-10-15-28/h5-10,12-19,21-24H,2-4,11,20H2,1H3. The topological polar surface area (TPSA) is 52.5 Å². The van der Waals surface area contributed by atoms with Crippen LogP contribution in [-0.2, 0) is 6.54 Å². The molecule has 1 heterocycles. The third-order valence-electron chi connectivity index (χ3n) is 7.18. The quantitative estimate of drug-likeness (QED) is 0.114. The number of benzene rings is 4. The zero-order valence-electron chi connectivity index (χ0n) is 22.3. The lowest BCUT2D eigenvalue weighted by Gasteiger charge is -2.08. The summed E-state index contributed by atoms with van der Waals surface area (Å²) < 4.78 is 2.40. The summed E-state index contributed by atoms with van der Waals surface area (Å²) in [5.41, 5.74) is 7.36. The van der Waals surface area contributed by atoms with E-state index in [0.717, 1.165) is 57.0 Å². The second-order valence-electron chi connectivity index (χ2n) is 9.84. The van der Waals surface area contributed by atoms with Gasteiger partial charge in [0.05, 0.1) is 23.3 Å². The molecular weight excluding hydrogens is 474 g/mol. The van der Waals surface area contributed by atoms with Gasteiger partial charge in [-0.05, 0) is 65.1 Å². The monoisotopic (exact) mass is 505 g/mol. The number of aryl methyl sites for hydroxylation is 1. The molecule has 4 aromatic carbocycles. The molecule has 0 atom stereocenters. The second kappa shape index (κ2) is 12.1. The summed E-state index contributed by atoms with van der Waals surface area (Å²) in [7, 11) is 0. The number of unbranched alkanes of at least 4 members (excludes halogenated alkanes) is 3. The smallest absolute Gasteiger partial charge is 0.0998 e. The van der Waals surface area contributed by atoms with Gasteiger partial charge in [0.1, 0.15) is 0 Å². The van der Waals surface area contributed by atoms with Crippen LogP contribution in [-0.4, -0.2) is 4.57 Å². The Labute approximate surface area is 230 Å². The average molecular weight is 506 g/mol. The Morgan fingerprint density at radius 3 is 1.56 bits per heavy atom. The van der Waals surface area contributed by atoms with Crippen molar-refractivity contribution in [1.82, 2.24) is 4.57 Å². The van der Waals surface area contributed by atoms with E-state index >= 15 is 0 Å². The van der Waals surface area contributed by atoms with Crippen LogP contribution in [0.2, 0.25) is 0 Å². The molecule has 3 nitrogen and oxygen atoms in total. The van der Waals surface area contributed by atoms with E-state index in [4.69, 9.17) is 0 Å². The first-order valence-electron chi connectivity index (χ1n) is 13.6. The first-order chi connectivity index (χ1) is 19.2. The van der Waals surface area contributed by atoms with Gasteiger partial charge in [0, 0.05) is 28.4 Å². The Morgan fingerprint density at radius 2 is 1.13 bits per heavy atom. The number of hydrogen-bond acceptors (Lipinski definition) is 2. The number of nitrogens with zero attached hydrogens (tertiary/aromatic N) is 3. The normalized spacial score (nSPS) is 12.0. The minimum Gasteiger partial charge on any atom is -0.340 e. The molecular formula is C36H31N3. The van der Waals surface area contributed by atoms with Gasteiger partial charge in [-0.1, -0.05) is 99.0 Å². The van der Waals surface area contributed by atoms with Gasteiger partial charge in [-0.2, -0.15) is 10.5 Å². The molecule has 0 bridgehead atoms. The number of rotatable bonds is 9. The number of nitriles is 2. The Morgan fingerprint density at radius 1 is 0.641 bits per heavy atom. The second-order valence-corrected chi connectivity index (χ2v) is 9.84. The summed E-state index contributed by atoms with van der Waals surface area (Å²) in [6, 6.07) is 37.4. The highest BCUT2D eigenvalue weighted by molar-refractivity contribution is 6.11. The molecule has 0 aliphatic carbocycles. The lowest BCUT2D eigenvalue weighted by molar-refractivity contribution is 0.602. The molecule has 0 N–H and O–H groups in total. The van der Waals surface area contributed by atoms with Crippen LogP contribution in [0, 0.1) is 22.7 Å². The predicted molar refractivity (Wildman–Crippen MR) is 163 cm³/mol. The largest absolute Gasteiger partial charge is 0.340 e. The van der Waals surface area contributed by atoms with E-state index in [1.165, 1.54) is 19.3 Å². The van der Waals surface area contributed by atoms with Crippen LogP contribution >= 0.6 is 0 Å². The van der Waals surface area contributed by atoms with E-state index in [1.54, 1.807) is 0 Å². The summed E-state index contributed by atoms with van der Waals surface area (Å²) in [5, 5.41) is 22.2. The van der Waals surface area contributed by atoms with E-state index in [-0.39, 0.29) is 0 Å². The van der Waals surface area contributed by atoms with Gasteiger partial charge >= 0.3 is 0 Å². The van der Waals surface area contributed by atoms with Crippen LogP contribution in [0.4, 0.5) is 0 Å². The van der Waals surface area contributed by atoms with E-state index in [1.807, 2.05) is 72.8 Å². The third-order valence-corrected chi connectivity index (χ3v) is 7.18. The van der Waals surface area contributed by atoms with Gasteiger partial charge < -0.3 is 4.57 Å².